The number of piperidine rings is 1. The Hall–Kier alpha value is -3.42. The molecule has 1 aliphatic heterocycles. The van der Waals surface area contributed by atoms with Crippen molar-refractivity contribution in [1.29, 1.82) is 0 Å². The van der Waals surface area contributed by atoms with Crippen LogP contribution >= 0.6 is 11.6 Å². The third-order valence-electron chi connectivity index (χ3n) is 8.56. The molecule has 6 rings (SSSR count). The highest BCUT2D eigenvalue weighted by Crippen LogP contribution is 2.39. The zero-order chi connectivity index (χ0) is 27.0. The molecule has 1 saturated carbocycles. The number of rotatable bonds is 5. The van der Waals surface area contributed by atoms with Gasteiger partial charge in [0.2, 0.25) is 5.91 Å². The van der Waals surface area contributed by atoms with Crippen LogP contribution in [0.5, 0.6) is 0 Å². The molecule has 0 radical (unpaired) electrons. The van der Waals surface area contributed by atoms with Crippen molar-refractivity contribution in [2.75, 3.05) is 13.1 Å². The first-order chi connectivity index (χ1) is 18.9. The molecule has 2 aromatic heterocycles. The van der Waals surface area contributed by atoms with E-state index in [-0.39, 0.29) is 29.8 Å². The molecule has 2 fully saturated rings. The number of halogens is 1. The van der Waals surface area contributed by atoms with Gasteiger partial charge in [-0.05, 0) is 67.5 Å². The third kappa shape index (κ3) is 5.13. The highest BCUT2D eigenvalue weighted by Gasteiger charge is 2.39. The fraction of sp³-hybridized carbons (Fsp3) is 0.387. The summed E-state index contributed by atoms with van der Waals surface area (Å²) in [6.07, 6.45) is 8.37. The van der Waals surface area contributed by atoms with E-state index in [2.05, 4.69) is 17.1 Å². The van der Waals surface area contributed by atoms with Crippen molar-refractivity contribution in [3.63, 3.8) is 0 Å². The average Bonchev–Trinajstić information content (AvgIpc) is 3.40. The minimum atomic E-state index is -1.07. The summed E-state index contributed by atoms with van der Waals surface area (Å²) in [4.78, 5) is 33.4. The maximum absolute atomic E-state index is 13.6. The van der Waals surface area contributed by atoms with Gasteiger partial charge in [0.05, 0.1) is 17.5 Å². The maximum atomic E-state index is 13.6. The van der Waals surface area contributed by atoms with E-state index >= 15 is 0 Å². The summed E-state index contributed by atoms with van der Waals surface area (Å²) in [6.45, 7) is 1.13. The number of aliphatic hydroxyl groups is 1. The fourth-order valence-corrected chi connectivity index (χ4v) is 6.48. The number of hydrogen-bond acceptors (Lipinski definition) is 4. The zero-order valence-electron chi connectivity index (χ0n) is 21.9. The topological polar surface area (TPSA) is 80.4 Å². The van der Waals surface area contributed by atoms with Crippen LogP contribution in [-0.2, 0) is 11.3 Å². The lowest BCUT2D eigenvalue weighted by Gasteiger charge is -2.41. The van der Waals surface area contributed by atoms with Crippen molar-refractivity contribution in [1.82, 2.24) is 19.0 Å². The Morgan fingerprint density at radius 3 is 2.46 bits per heavy atom. The molecular formula is C31H33ClN4O3. The molecule has 8 heteroatoms. The van der Waals surface area contributed by atoms with Crippen molar-refractivity contribution in [3.05, 3.63) is 94.1 Å². The Morgan fingerprint density at radius 1 is 1.00 bits per heavy atom. The first-order valence-electron chi connectivity index (χ1n) is 13.8. The van der Waals surface area contributed by atoms with Crippen molar-refractivity contribution < 1.29 is 9.90 Å². The molecule has 2 atom stereocenters. The Kier molecular flexibility index (Phi) is 7.04. The SMILES string of the molecule is O=C([C@H]1CCCC[C@@H]1c1ccccc1)N1CCC(O)(Cn2cnc3c(ccn3-c3ccc(Cl)cc3)c2=O)CC1. The molecule has 39 heavy (non-hydrogen) atoms. The predicted octanol–water partition coefficient (Wildman–Crippen LogP) is 5.17. The number of carbonyl (C=O) groups excluding carboxylic acids is 1. The summed E-state index contributed by atoms with van der Waals surface area (Å²) in [7, 11) is 0. The second kappa shape index (κ2) is 10.6. The van der Waals surface area contributed by atoms with E-state index < -0.39 is 5.60 Å². The van der Waals surface area contributed by atoms with Crippen molar-refractivity contribution in [3.8, 4) is 5.69 Å². The average molecular weight is 545 g/mol. The number of carbonyl (C=O) groups is 1. The third-order valence-corrected chi connectivity index (χ3v) is 8.81. The molecule has 3 heterocycles. The largest absolute Gasteiger partial charge is 0.388 e. The number of fused-ring (bicyclic) bond motifs is 1. The van der Waals surface area contributed by atoms with E-state index in [1.54, 1.807) is 18.2 Å². The molecule has 2 aliphatic rings. The first-order valence-corrected chi connectivity index (χ1v) is 14.2. The lowest BCUT2D eigenvalue weighted by atomic mass is 9.74. The van der Waals surface area contributed by atoms with Gasteiger partial charge in [-0.25, -0.2) is 4.98 Å². The number of aromatic nitrogens is 3. The van der Waals surface area contributed by atoms with Gasteiger partial charge in [0.1, 0.15) is 6.33 Å². The van der Waals surface area contributed by atoms with Gasteiger partial charge in [-0.2, -0.15) is 0 Å². The van der Waals surface area contributed by atoms with Crippen LogP contribution in [0.4, 0.5) is 0 Å². The van der Waals surface area contributed by atoms with Crippen LogP contribution < -0.4 is 5.56 Å². The minimum Gasteiger partial charge on any atom is -0.388 e. The summed E-state index contributed by atoms with van der Waals surface area (Å²) >= 11 is 6.02. The van der Waals surface area contributed by atoms with Crippen molar-refractivity contribution in [2.24, 2.45) is 5.92 Å². The van der Waals surface area contributed by atoms with Crippen LogP contribution in [0.3, 0.4) is 0 Å². The smallest absolute Gasteiger partial charge is 0.262 e. The van der Waals surface area contributed by atoms with Crippen molar-refractivity contribution >= 4 is 28.5 Å². The summed E-state index contributed by atoms with van der Waals surface area (Å²) in [5, 5.41) is 12.6. The highest BCUT2D eigenvalue weighted by atomic mass is 35.5. The molecule has 7 nitrogen and oxygen atoms in total. The first kappa shape index (κ1) is 25.8. The van der Waals surface area contributed by atoms with Gasteiger partial charge < -0.3 is 14.6 Å². The Morgan fingerprint density at radius 2 is 1.72 bits per heavy atom. The monoisotopic (exact) mass is 544 g/mol. The second-order valence-electron chi connectivity index (χ2n) is 11.0. The van der Waals surface area contributed by atoms with Crippen molar-refractivity contribution in [2.45, 2.75) is 56.6 Å². The molecule has 0 spiro atoms. The number of amides is 1. The summed E-state index contributed by atoms with van der Waals surface area (Å²) < 4.78 is 3.35. The molecule has 1 N–H and O–H groups in total. The highest BCUT2D eigenvalue weighted by molar-refractivity contribution is 6.30. The van der Waals surface area contributed by atoms with Gasteiger partial charge in [0, 0.05) is 35.9 Å². The summed E-state index contributed by atoms with van der Waals surface area (Å²) in [5.74, 6) is 0.450. The van der Waals surface area contributed by atoms with E-state index in [1.165, 1.54) is 16.5 Å². The van der Waals surface area contributed by atoms with Crippen LogP contribution in [0.15, 0.2) is 78.0 Å². The Bertz CT molecular complexity index is 1520. The lowest BCUT2D eigenvalue weighted by molar-refractivity contribution is -0.142. The van der Waals surface area contributed by atoms with Gasteiger partial charge in [-0.15, -0.1) is 0 Å². The molecule has 202 valence electrons. The number of hydrogen-bond donors (Lipinski definition) is 1. The number of nitrogens with zero attached hydrogens (tertiary/aromatic N) is 4. The molecule has 4 aromatic rings. The number of likely N-dealkylation sites (tertiary alicyclic amines) is 1. The minimum absolute atomic E-state index is 0.00811. The zero-order valence-corrected chi connectivity index (χ0v) is 22.6. The Labute approximate surface area is 232 Å². The van der Waals surface area contributed by atoms with Crippen LogP contribution in [0, 0.1) is 5.92 Å². The lowest BCUT2D eigenvalue weighted by Crippen LogP contribution is -2.51. The number of benzene rings is 2. The van der Waals surface area contributed by atoms with Gasteiger partial charge >= 0.3 is 0 Å². The summed E-state index contributed by atoms with van der Waals surface area (Å²) in [6, 6.07) is 19.5. The van der Waals surface area contributed by atoms with Gasteiger partial charge in [-0.1, -0.05) is 54.8 Å². The summed E-state index contributed by atoms with van der Waals surface area (Å²) in [5.41, 5.74) is 1.41. The van der Waals surface area contributed by atoms with E-state index in [4.69, 9.17) is 11.6 Å². The van der Waals surface area contributed by atoms with E-state index in [1.807, 2.05) is 46.0 Å². The molecule has 1 amide bonds. The quantitative estimate of drug-likeness (QED) is 0.376. The van der Waals surface area contributed by atoms with Gasteiger partial charge in [-0.3, -0.25) is 14.2 Å². The second-order valence-corrected chi connectivity index (χ2v) is 11.5. The van der Waals surface area contributed by atoms with E-state index in [0.717, 1.165) is 31.4 Å². The van der Waals surface area contributed by atoms with Gasteiger partial charge in [0.15, 0.2) is 5.65 Å². The predicted molar refractivity (Wildman–Crippen MR) is 152 cm³/mol. The normalized spacial score (nSPS) is 21.2. The van der Waals surface area contributed by atoms with Crippen LogP contribution in [0.1, 0.15) is 50.0 Å². The molecule has 0 bridgehead atoms. The van der Waals surface area contributed by atoms with Crippen LogP contribution in [-0.4, -0.2) is 48.7 Å². The molecule has 1 saturated heterocycles. The van der Waals surface area contributed by atoms with E-state index in [9.17, 15) is 14.7 Å². The molecule has 0 unspecified atom stereocenters. The standard InChI is InChI=1S/C31H33ClN4O3/c32-23-10-12-24(13-11-23)36-17-14-27-28(36)33-21-35(30(27)38)20-31(39)15-18-34(19-16-31)29(37)26-9-5-4-8-25(26)22-6-2-1-3-7-22/h1-3,6-7,10-14,17,21,25-26,39H,4-5,8-9,15-16,18-20H2/t25-,26+/m1/s1. The van der Waals surface area contributed by atoms with E-state index in [0.29, 0.717) is 42.0 Å². The van der Waals surface area contributed by atoms with Gasteiger partial charge in [0.25, 0.3) is 5.56 Å². The molecule has 2 aromatic carbocycles. The molecule has 1 aliphatic carbocycles. The maximum Gasteiger partial charge on any atom is 0.262 e. The molecular weight excluding hydrogens is 512 g/mol. The Balaban J connectivity index is 1.15. The van der Waals surface area contributed by atoms with Crippen LogP contribution in [0.25, 0.3) is 16.7 Å². The fourth-order valence-electron chi connectivity index (χ4n) is 6.36. The van der Waals surface area contributed by atoms with Crippen LogP contribution in [0.2, 0.25) is 5.02 Å².